The van der Waals surface area contributed by atoms with Crippen LogP contribution in [0.2, 0.25) is 0 Å². The average Bonchev–Trinajstić information content (AvgIpc) is 2.28. The third-order valence-electron chi connectivity index (χ3n) is 3.86. The molecule has 2 aliphatic rings. The molecule has 0 spiro atoms. The minimum atomic E-state index is -0.557. The van der Waals surface area contributed by atoms with E-state index in [4.69, 9.17) is 4.74 Å². The van der Waals surface area contributed by atoms with Gasteiger partial charge in [0.05, 0.1) is 6.04 Å². The van der Waals surface area contributed by atoms with E-state index in [2.05, 4.69) is 21.2 Å². The summed E-state index contributed by atoms with van der Waals surface area (Å²) in [4.78, 5) is 13.5. The smallest absolute Gasteiger partial charge is 0.320 e. The summed E-state index contributed by atoms with van der Waals surface area (Å²) in [7, 11) is 1.77. The molecule has 0 aliphatic carbocycles. The van der Waals surface area contributed by atoms with E-state index in [9.17, 15) is 4.79 Å². The van der Waals surface area contributed by atoms with Gasteiger partial charge in [-0.15, -0.1) is 0 Å². The Labute approximate surface area is 114 Å². The van der Waals surface area contributed by atoms with Gasteiger partial charge in [0.1, 0.15) is 5.75 Å². The molecule has 1 saturated heterocycles. The van der Waals surface area contributed by atoms with Crippen LogP contribution in [0.25, 0.3) is 0 Å². The van der Waals surface area contributed by atoms with Gasteiger partial charge in [0.2, 0.25) is 0 Å². The van der Waals surface area contributed by atoms with Crippen molar-refractivity contribution < 1.29 is 9.53 Å². The zero-order chi connectivity index (χ0) is 13.1. The first-order valence-corrected chi connectivity index (χ1v) is 6.73. The molecule has 1 fully saturated rings. The van der Waals surface area contributed by atoms with E-state index < -0.39 is 5.72 Å². The average molecular weight is 311 g/mol. The molecule has 2 amide bonds. The van der Waals surface area contributed by atoms with E-state index in [0.717, 1.165) is 27.8 Å². The number of nitrogens with zero attached hydrogens (tertiary/aromatic N) is 1. The van der Waals surface area contributed by atoms with Crippen LogP contribution in [0.15, 0.2) is 16.6 Å². The SMILES string of the molecule is Cc1cc(Br)cc2c1OC1(C)CC2NC(=O)N1C. The van der Waals surface area contributed by atoms with Crippen molar-refractivity contribution in [3.63, 3.8) is 0 Å². The fourth-order valence-corrected chi connectivity index (χ4v) is 3.29. The van der Waals surface area contributed by atoms with Gasteiger partial charge in [-0.25, -0.2) is 4.79 Å². The Bertz CT molecular complexity index is 546. The number of nitrogens with one attached hydrogen (secondary N) is 1. The number of urea groups is 1. The highest BCUT2D eigenvalue weighted by Crippen LogP contribution is 2.45. The molecule has 18 heavy (non-hydrogen) atoms. The summed E-state index contributed by atoms with van der Waals surface area (Å²) < 4.78 is 7.12. The summed E-state index contributed by atoms with van der Waals surface area (Å²) in [5, 5.41) is 3.02. The number of hydrogen-bond donors (Lipinski definition) is 1. The van der Waals surface area contributed by atoms with Crippen molar-refractivity contribution >= 4 is 22.0 Å². The highest BCUT2D eigenvalue weighted by molar-refractivity contribution is 9.10. The third-order valence-corrected chi connectivity index (χ3v) is 4.32. The molecule has 0 radical (unpaired) electrons. The standard InChI is InChI=1S/C13H15BrN2O2/c1-7-4-8(14)5-9-10-6-13(2,18-11(7)9)16(3)12(17)15-10/h4-5,10H,6H2,1-3H3,(H,15,17). The van der Waals surface area contributed by atoms with Crippen LogP contribution in [-0.2, 0) is 0 Å². The molecule has 0 aromatic heterocycles. The van der Waals surface area contributed by atoms with Crippen molar-refractivity contribution in [3.05, 3.63) is 27.7 Å². The fraction of sp³-hybridized carbons (Fsp3) is 0.462. The summed E-state index contributed by atoms with van der Waals surface area (Å²) in [6, 6.07) is 4.00. The van der Waals surface area contributed by atoms with Gasteiger partial charge in [0.25, 0.3) is 0 Å². The molecular weight excluding hydrogens is 296 g/mol. The molecule has 1 aromatic rings. The van der Waals surface area contributed by atoms with Crippen LogP contribution in [-0.4, -0.2) is 23.7 Å². The van der Waals surface area contributed by atoms with Crippen LogP contribution >= 0.6 is 15.9 Å². The van der Waals surface area contributed by atoms with Crippen molar-refractivity contribution in [2.24, 2.45) is 0 Å². The first kappa shape index (κ1) is 11.8. The number of carbonyl (C=O) groups excluding carboxylic acids is 1. The minimum absolute atomic E-state index is 0.0265. The van der Waals surface area contributed by atoms with Crippen LogP contribution in [0.1, 0.15) is 30.5 Å². The molecule has 4 nitrogen and oxygen atoms in total. The summed E-state index contributed by atoms with van der Waals surface area (Å²) in [5.74, 6) is 0.892. The van der Waals surface area contributed by atoms with Crippen molar-refractivity contribution in [1.29, 1.82) is 0 Å². The number of rotatable bonds is 0. The Balaban J connectivity index is 2.17. The number of benzene rings is 1. The number of carbonyl (C=O) groups is 1. The lowest BCUT2D eigenvalue weighted by atomic mass is 9.89. The zero-order valence-corrected chi connectivity index (χ0v) is 12.2. The van der Waals surface area contributed by atoms with Crippen LogP contribution < -0.4 is 10.1 Å². The van der Waals surface area contributed by atoms with Gasteiger partial charge < -0.3 is 10.1 Å². The quantitative estimate of drug-likeness (QED) is 0.800. The van der Waals surface area contributed by atoms with E-state index in [-0.39, 0.29) is 12.1 Å². The lowest BCUT2D eigenvalue weighted by Gasteiger charge is -2.49. The summed E-state index contributed by atoms with van der Waals surface area (Å²) >= 11 is 3.49. The predicted octanol–water partition coefficient (Wildman–Crippen LogP) is 2.95. The second-order valence-electron chi connectivity index (χ2n) is 5.18. The van der Waals surface area contributed by atoms with E-state index in [1.165, 1.54) is 0 Å². The lowest BCUT2D eigenvalue weighted by Crippen LogP contribution is -2.63. The maximum Gasteiger partial charge on any atom is 0.320 e. The Kier molecular flexibility index (Phi) is 2.39. The minimum Gasteiger partial charge on any atom is -0.467 e. The monoisotopic (exact) mass is 310 g/mol. The van der Waals surface area contributed by atoms with Crippen LogP contribution in [0.5, 0.6) is 5.75 Å². The van der Waals surface area contributed by atoms with Gasteiger partial charge in [-0.1, -0.05) is 15.9 Å². The fourth-order valence-electron chi connectivity index (χ4n) is 2.70. The van der Waals surface area contributed by atoms with Crippen LogP contribution in [0, 0.1) is 6.92 Å². The summed E-state index contributed by atoms with van der Waals surface area (Å²) in [6.45, 7) is 3.99. The number of ether oxygens (including phenoxy) is 1. The number of fused-ring (bicyclic) bond motifs is 4. The van der Waals surface area contributed by atoms with E-state index in [0.29, 0.717) is 0 Å². The zero-order valence-electron chi connectivity index (χ0n) is 10.6. The molecule has 2 atom stereocenters. The molecule has 96 valence electrons. The second-order valence-corrected chi connectivity index (χ2v) is 6.10. The Hall–Kier alpha value is -1.23. The molecule has 2 heterocycles. The molecule has 2 aliphatic heterocycles. The van der Waals surface area contributed by atoms with Gasteiger partial charge in [-0.05, 0) is 31.5 Å². The van der Waals surface area contributed by atoms with Gasteiger partial charge in [-0.3, -0.25) is 4.90 Å². The van der Waals surface area contributed by atoms with E-state index in [1.54, 1.807) is 11.9 Å². The summed E-state index contributed by atoms with van der Waals surface area (Å²) in [6.07, 6.45) is 0.762. The highest BCUT2D eigenvalue weighted by atomic mass is 79.9. The highest BCUT2D eigenvalue weighted by Gasteiger charge is 2.47. The topological polar surface area (TPSA) is 41.6 Å². The first-order chi connectivity index (χ1) is 8.40. The van der Waals surface area contributed by atoms with Gasteiger partial charge >= 0.3 is 6.03 Å². The molecular formula is C13H15BrN2O2. The molecule has 1 aromatic carbocycles. The first-order valence-electron chi connectivity index (χ1n) is 5.94. The predicted molar refractivity (Wildman–Crippen MR) is 71.6 cm³/mol. The summed E-state index contributed by atoms with van der Waals surface area (Å²) in [5.41, 5.74) is 1.58. The van der Waals surface area contributed by atoms with E-state index in [1.807, 2.05) is 26.0 Å². The van der Waals surface area contributed by atoms with Gasteiger partial charge in [0, 0.05) is 23.5 Å². The molecule has 3 rings (SSSR count). The van der Waals surface area contributed by atoms with Gasteiger partial charge in [0.15, 0.2) is 5.72 Å². The Morgan fingerprint density at radius 2 is 2.28 bits per heavy atom. The van der Waals surface area contributed by atoms with Crippen LogP contribution in [0.3, 0.4) is 0 Å². The maximum absolute atomic E-state index is 11.9. The molecule has 2 bridgehead atoms. The number of hydrogen-bond acceptors (Lipinski definition) is 2. The number of halogens is 1. The van der Waals surface area contributed by atoms with Crippen molar-refractivity contribution in [1.82, 2.24) is 10.2 Å². The molecule has 1 N–H and O–H groups in total. The van der Waals surface area contributed by atoms with Crippen molar-refractivity contribution in [2.75, 3.05) is 7.05 Å². The number of aryl methyl sites for hydroxylation is 1. The Morgan fingerprint density at radius 1 is 1.56 bits per heavy atom. The number of amides is 2. The van der Waals surface area contributed by atoms with Crippen molar-refractivity contribution in [2.45, 2.75) is 32.0 Å². The normalized spacial score (nSPS) is 29.4. The third kappa shape index (κ3) is 1.53. The van der Waals surface area contributed by atoms with Gasteiger partial charge in [-0.2, -0.15) is 0 Å². The van der Waals surface area contributed by atoms with E-state index >= 15 is 0 Å². The lowest BCUT2D eigenvalue weighted by molar-refractivity contribution is -0.0723. The molecule has 2 unspecified atom stereocenters. The molecule has 0 saturated carbocycles. The van der Waals surface area contributed by atoms with Crippen molar-refractivity contribution in [3.8, 4) is 5.75 Å². The largest absolute Gasteiger partial charge is 0.467 e. The van der Waals surface area contributed by atoms with Crippen LogP contribution in [0.4, 0.5) is 4.79 Å². The maximum atomic E-state index is 11.9. The molecule has 5 heteroatoms. The second kappa shape index (κ2) is 3.63. The Morgan fingerprint density at radius 3 is 3.00 bits per heavy atom.